The minimum absolute atomic E-state index is 0.0349. The molecule has 224 valence electrons. The summed E-state index contributed by atoms with van der Waals surface area (Å²) in [6, 6.07) is 3.64. The molecule has 1 saturated heterocycles. The van der Waals surface area contributed by atoms with Crippen LogP contribution < -0.4 is 16.0 Å². The van der Waals surface area contributed by atoms with Gasteiger partial charge >= 0.3 is 12.4 Å². The molecule has 1 fully saturated rings. The average molecular weight is 610 g/mol. The van der Waals surface area contributed by atoms with Gasteiger partial charge in [-0.2, -0.15) is 26.3 Å². The molecule has 1 aromatic heterocycles. The molecule has 16 heteroatoms. The van der Waals surface area contributed by atoms with Crippen molar-refractivity contribution in [2.45, 2.75) is 37.8 Å². The number of nitrogens with zero attached hydrogens (tertiary/aromatic N) is 2. The van der Waals surface area contributed by atoms with Crippen molar-refractivity contribution in [2.24, 2.45) is 0 Å². The topological polar surface area (TPSA) is 124 Å². The van der Waals surface area contributed by atoms with Crippen LogP contribution >= 0.6 is 11.6 Å². The van der Waals surface area contributed by atoms with Gasteiger partial charge in [-0.1, -0.05) is 11.6 Å². The van der Waals surface area contributed by atoms with Crippen LogP contribution in [0.3, 0.4) is 0 Å². The van der Waals surface area contributed by atoms with E-state index in [1.54, 1.807) is 0 Å². The number of fused-ring (bicyclic) bond motifs is 1. The minimum atomic E-state index is -4.74. The second kappa shape index (κ2) is 13.0. The second-order valence-electron chi connectivity index (χ2n) is 9.43. The number of hydrogen-bond acceptors (Lipinski definition) is 6. The summed E-state index contributed by atoms with van der Waals surface area (Å²) in [5.41, 5.74) is -1.75. The summed E-state index contributed by atoms with van der Waals surface area (Å²) in [5, 5.41) is 15.0. The lowest BCUT2D eigenvalue weighted by Gasteiger charge is -2.38. The summed E-state index contributed by atoms with van der Waals surface area (Å²) in [5.74, 6) is -1.23. The maximum atomic E-state index is 13.6. The summed E-state index contributed by atoms with van der Waals surface area (Å²) in [4.78, 5) is 30.4. The number of aromatic nitrogens is 1. The van der Waals surface area contributed by atoms with Crippen LogP contribution in [0.25, 0.3) is 10.9 Å². The van der Waals surface area contributed by atoms with E-state index in [0.29, 0.717) is 10.7 Å². The largest absolute Gasteiger partial charge is 0.438 e. The zero-order chi connectivity index (χ0) is 30.5. The van der Waals surface area contributed by atoms with Gasteiger partial charge in [0.25, 0.3) is 5.91 Å². The number of anilines is 1. The monoisotopic (exact) mass is 609 g/mol. The van der Waals surface area contributed by atoms with E-state index in [9.17, 15) is 35.9 Å². The highest BCUT2D eigenvalue weighted by Crippen LogP contribution is 2.35. The van der Waals surface area contributed by atoms with Gasteiger partial charge in [0.2, 0.25) is 5.91 Å². The number of pyridine rings is 1. The zero-order valence-corrected chi connectivity index (χ0v) is 22.7. The van der Waals surface area contributed by atoms with Gasteiger partial charge in [-0.05, 0) is 30.7 Å². The number of carbonyl (C=O) groups excluding carboxylic acids is 2. The number of quaternary nitrogens is 1. The first kappa shape index (κ1) is 32.1. The molecule has 3 rings (SSSR count). The molecule has 0 spiro atoms. The Balaban J connectivity index is 1.88. The fraction of sp³-hybridized carbons (Fsp3) is 0.440. The molecular formula is C25H28ClF6N6O3+. The molecule has 0 saturated carbocycles. The van der Waals surface area contributed by atoms with E-state index in [1.165, 1.54) is 37.1 Å². The van der Waals surface area contributed by atoms with E-state index in [-0.39, 0.29) is 59.5 Å². The Hall–Kier alpha value is -3.43. The number of likely N-dealkylation sites (tertiary alicyclic amines) is 1. The number of methoxy groups -OCH3 is 1. The van der Waals surface area contributed by atoms with Crippen molar-refractivity contribution >= 4 is 45.7 Å². The van der Waals surface area contributed by atoms with Crippen LogP contribution in [0.5, 0.6) is 0 Å². The van der Waals surface area contributed by atoms with Gasteiger partial charge in [0.05, 0.1) is 17.8 Å². The molecule has 9 nitrogen and oxygen atoms in total. The number of carbonyl (C=O) groups is 2. The molecule has 1 aliphatic rings. The molecular weight excluding hydrogens is 582 g/mol. The Morgan fingerprint density at radius 1 is 1.20 bits per heavy atom. The molecule has 2 aromatic rings. The summed E-state index contributed by atoms with van der Waals surface area (Å²) in [6.07, 6.45) is -8.23. The molecule has 0 bridgehead atoms. The molecule has 2 atom stereocenters. The standard InChI is InChI=1S/C25H27ClF6N6O3/c1-13(39)38-9-15(35-21-7-22(25(30,31)32)37-20-4-3-14(26)5-17(20)21)6-16(10-38)36-23(40)18(19(33)11-41-2)8-34-12-24(27,28)29/h3-5,7-8,15-16,33-34H,6,9-12H2,1-2H3,(H,35,37)(H,36,40)/p+1/b18-8+,33-19?/t15-,16+/m1/s1. The van der Waals surface area contributed by atoms with Crippen LogP contribution in [0.4, 0.5) is 32.0 Å². The molecule has 0 aliphatic carbocycles. The van der Waals surface area contributed by atoms with Crippen LogP contribution in [-0.4, -0.2) is 79.0 Å². The second-order valence-corrected chi connectivity index (χ2v) is 9.87. The van der Waals surface area contributed by atoms with Crippen LogP contribution in [0.15, 0.2) is 36.0 Å². The van der Waals surface area contributed by atoms with Crippen molar-refractivity contribution in [1.82, 2.24) is 15.2 Å². The van der Waals surface area contributed by atoms with Crippen molar-refractivity contribution in [1.29, 1.82) is 5.41 Å². The Kier molecular flexibility index (Phi) is 10.2. The minimum Gasteiger partial charge on any atom is -0.380 e. The maximum absolute atomic E-state index is 13.6. The number of ether oxygens (including phenoxy) is 1. The van der Waals surface area contributed by atoms with Gasteiger partial charge in [-0.3, -0.25) is 9.59 Å². The third-order valence-corrected chi connectivity index (χ3v) is 6.38. The van der Waals surface area contributed by atoms with Crippen molar-refractivity contribution in [3.8, 4) is 0 Å². The van der Waals surface area contributed by atoms with Gasteiger partial charge in [0.15, 0.2) is 6.54 Å². The lowest BCUT2D eigenvalue weighted by molar-refractivity contribution is -0.615. The third-order valence-electron chi connectivity index (χ3n) is 6.14. The van der Waals surface area contributed by atoms with Crippen molar-refractivity contribution in [2.75, 3.05) is 38.7 Å². The average Bonchev–Trinajstić information content (AvgIpc) is 2.85. The van der Waals surface area contributed by atoms with Crippen molar-refractivity contribution in [3.63, 3.8) is 0 Å². The quantitative estimate of drug-likeness (QED) is 0.198. The maximum Gasteiger partial charge on any atom is 0.438 e. The summed E-state index contributed by atoms with van der Waals surface area (Å²) >= 11 is 6.07. The first-order chi connectivity index (χ1) is 19.1. The number of piperidine rings is 1. The highest BCUT2D eigenvalue weighted by Gasteiger charge is 2.35. The normalized spacial score (nSPS) is 18.4. The number of amides is 2. The smallest absolute Gasteiger partial charge is 0.380 e. The molecule has 0 unspecified atom stereocenters. The van der Waals surface area contributed by atoms with Crippen LogP contribution in [-0.2, 0) is 20.5 Å². The first-order valence-electron chi connectivity index (χ1n) is 12.2. The lowest BCUT2D eigenvalue weighted by Crippen LogP contribution is -2.82. The van der Waals surface area contributed by atoms with Gasteiger partial charge in [0.1, 0.15) is 17.5 Å². The van der Waals surface area contributed by atoms with Gasteiger partial charge in [-0.25, -0.2) is 4.98 Å². The van der Waals surface area contributed by atoms with Gasteiger partial charge in [-0.15, -0.1) is 0 Å². The molecule has 0 radical (unpaired) electrons. The number of rotatable bonds is 9. The molecule has 5 N–H and O–H groups in total. The third kappa shape index (κ3) is 9.03. The molecule has 2 heterocycles. The van der Waals surface area contributed by atoms with E-state index in [4.69, 9.17) is 21.7 Å². The van der Waals surface area contributed by atoms with Crippen LogP contribution in [0, 0.1) is 5.41 Å². The Morgan fingerprint density at radius 2 is 1.88 bits per heavy atom. The number of benzene rings is 1. The van der Waals surface area contributed by atoms with E-state index < -0.39 is 42.6 Å². The number of nitrogens with two attached hydrogens (primary N) is 1. The predicted octanol–water partition coefficient (Wildman–Crippen LogP) is 3.10. The number of hydrogen-bond donors (Lipinski definition) is 4. The Morgan fingerprint density at radius 3 is 2.49 bits per heavy atom. The fourth-order valence-electron chi connectivity index (χ4n) is 4.36. The predicted molar refractivity (Wildman–Crippen MR) is 139 cm³/mol. The number of alkyl halides is 6. The molecule has 41 heavy (non-hydrogen) atoms. The van der Waals surface area contributed by atoms with E-state index in [2.05, 4.69) is 15.6 Å². The van der Waals surface area contributed by atoms with Crippen LogP contribution in [0.1, 0.15) is 19.0 Å². The molecule has 1 aromatic carbocycles. The Labute approximate surface area is 235 Å². The van der Waals surface area contributed by atoms with Gasteiger partial charge < -0.3 is 31.0 Å². The summed E-state index contributed by atoms with van der Waals surface area (Å²) in [6.45, 7) is -0.243. The SMILES string of the molecule is COCC(=N)/C(=C\[NH2+]CC(F)(F)F)C(=O)N[C@H]1C[C@@H](Nc2cc(C(F)(F)F)nc3ccc(Cl)cc23)CN(C(C)=O)C1. The van der Waals surface area contributed by atoms with Crippen LogP contribution in [0.2, 0.25) is 5.02 Å². The highest BCUT2D eigenvalue weighted by molar-refractivity contribution is 6.31. The fourth-order valence-corrected chi connectivity index (χ4v) is 4.53. The van der Waals surface area contributed by atoms with E-state index >= 15 is 0 Å². The Bertz CT molecular complexity index is 1330. The van der Waals surface area contributed by atoms with Crippen molar-refractivity contribution in [3.05, 3.63) is 46.8 Å². The highest BCUT2D eigenvalue weighted by atomic mass is 35.5. The summed E-state index contributed by atoms with van der Waals surface area (Å²) in [7, 11) is 1.26. The first-order valence-corrected chi connectivity index (χ1v) is 12.6. The van der Waals surface area contributed by atoms with Gasteiger partial charge in [0, 0.05) is 55.3 Å². The molecule has 1 aliphatic heterocycles. The zero-order valence-electron chi connectivity index (χ0n) is 21.9. The summed E-state index contributed by atoms with van der Waals surface area (Å²) < 4.78 is 83.4. The number of halogens is 7. The van der Waals surface area contributed by atoms with E-state index in [1.807, 2.05) is 0 Å². The van der Waals surface area contributed by atoms with Crippen molar-refractivity contribution < 1.29 is 46.0 Å². The lowest BCUT2D eigenvalue weighted by atomic mass is 9.99. The van der Waals surface area contributed by atoms with E-state index in [0.717, 1.165) is 12.3 Å². The molecule has 2 amide bonds. The number of nitrogens with one attached hydrogen (secondary N) is 3.